The van der Waals surface area contributed by atoms with Crippen molar-refractivity contribution in [1.29, 1.82) is 0 Å². The number of unbranched alkanes of at least 4 members (excludes halogenated alkanes) is 4. The molecule has 0 bridgehead atoms. The number of rotatable bonds is 9. The molecular weight excluding hydrogens is 172 g/mol. The Morgan fingerprint density at radius 3 is 2.17 bits per heavy atom. The second-order valence-corrected chi connectivity index (χ2v) is 3.45. The molecule has 0 saturated carbocycles. The van der Waals surface area contributed by atoms with E-state index < -0.39 is 0 Å². The Morgan fingerprint density at radius 1 is 0.917 bits per heavy atom. The van der Waals surface area contributed by atoms with E-state index >= 15 is 0 Å². The number of hydrogen-bond donors (Lipinski definition) is 0. The van der Waals surface area contributed by atoms with Crippen molar-refractivity contribution in [2.45, 2.75) is 45.4 Å². The minimum atomic E-state index is 0.788. The zero-order chi connectivity index (χ0) is 9.07. The molecule has 0 atom stereocenters. The average Bonchev–Trinajstić information content (AvgIpc) is 2.10. The van der Waals surface area contributed by atoms with Gasteiger partial charge in [-0.1, -0.05) is 19.8 Å². The summed E-state index contributed by atoms with van der Waals surface area (Å²) in [4.78, 5) is 0. The first kappa shape index (κ1) is 12.2. The van der Waals surface area contributed by atoms with Crippen molar-refractivity contribution in [2.75, 3.05) is 19.1 Å². The predicted molar refractivity (Wildman–Crippen MR) is 54.9 cm³/mol. The lowest BCUT2D eigenvalue weighted by atomic mass is 10.2. The molecule has 0 radical (unpaired) electrons. The fourth-order valence-corrected chi connectivity index (χ4v) is 1.22. The maximum absolute atomic E-state index is 5.54. The largest absolute Gasteiger partial charge is 0.381 e. The Bertz CT molecular complexity index is 66.2. The van der Waals surface area contributed by atoms with E-state index in [1.54, 1.807) is 0 Å². The highest BCUT2D eigenvalue weighted by Gasteiger charge is 1.89. The van der Waals surface area contributed by atoms with Crippen LogP contribution in [0.2, 0.25) is 0 Å². The van der Waals surface area contributed by atoms with Crippen LogP contribution in [0.15, 0.2) is 0 Å². The lowest BCUT2D eigenvalue weighted by Gasteiger charge is -2.02. The van der Waals surface area contributed by atoms with E-state index in [9.17, 15) is 0 Å². The first-order valence-corrected chi connectivity index (χ1v) is 5.59. The second-order valence-electron chi connectivity index (χ2n) is 3.07. The standard InChI is InChI=1S/C10H21ClO/c1-2-3-6-9-12-10-7-4-5-8-11/h2-10H2,1H3. The van der Waals surface area contributed by atoms with E-state index in [2.05, 4.69) is 6.92 Å². The molecule has 0 aromatic rings. The molecular formula is C10H21ClO. The Morgan fingerprint density at radius 2 is 1.58 bits per heavy atom. The molecule has 0 aromatic heterocycles. The van der Waals surface area contributed by atoms with Crippen LogP contribution >= 0.6 is 11.6 Å². The van der Waals surface area contributed by atoms with Crippen LogP contribution < -0.4 is 0 Å². The molecule has 0 saturated heterocycles. The third-order valence-corrected chi connectivity index (χ3v) is 2.08. The highest BCUT2D eigenvalue weighted by atomic mass is 35.5. The van der Waals surface area contributed by atoms with Gasteiger partial charge in [-0.15, -0.1) is 11.6 Å². The zero-order valence-corrected chi connectivity index (χ0v) is 8.91. The fraction of sp³-hybridized carbons (Fsp3) is 1.00. The second kappa shape index (κ2) is 11.2. The van der Waals surface area contributed by atoms with Gasteiger partial charge in [-0.25, -0.2) is 0 Å². The van der Waals surface area contributed by atoms with Crippen LogP contribution in [0.25, 0.3) is 0 Å². The lowest BCUT2D eigenvalue weighted by molar-refractivity contribution is 0.126. The van der Waals surface area contributed by atoms with Gasteiger partial charge in [0.1, 0.15) is 0 Å². The summed E-state index contributed by atoms with van der Waals surface area (Å²) in [5.74, 6) is 0.788. The minimum Gasteiger partial charge on any atom is -0.381 e. The molecule has 0 aliphatic rings. The van der Waals surface area contributed by atoms with E-state index in [1.807, 2.05) is 0 Å². The fourth-order valence-electron chi connectivity index (χ4n) is 1.03. The summed E-state index contributed by atoms with van der Waals surface area (Å²) in [7, 11) is 0. The molecule has 74 valence electrons. The van der Waals surface area contributed by atoms with Gasteiger partial charge in [0.05, 0.1) is 0 Å². The zero-order valence-electron chi connectivity index (χ0n) is 8.15. The first-order valence-electron chi connectivity index (χ1n) is 5.05. The van der Waals surface area contributed by atoms with Gasteiger partial charge >= 0.3 is 0 Å². The molecule has 2 heteroatoms. The Balaban J connectivity index is 2.73. The summed E-state index contributed by atoms with van der Waals surface area (Å²) in [5.41, 5.74) is 0. The molecule has 0 aromatic carbocycles. The quantitative estimate of drug-likeness (QED) is 0.401. The topological polar surface area (TPSA) is 9.23 Å². The summed E-state index contributed by atoms with van der Waals surface area (Å²) >= 11 is 5.54. The van der Waals surface area contributed by atoms with Crippen LogP contribution in [0.3, 0.4) is 0 Å². The Kier molecular flexibility index (Phi) is 11.5. The van der Waals surface area contributed by atoms with Crippen molar-refractivity contribution in [2.24, 2.45) is 0 Å². The smallest absolute Gasteiger partial charge is 0.0466 e. The lowest BCUT2D eigenvalue weighted by Crippen LogP contribution is -1.96. The maximum atomic E-state index is 5.54. The summed E-state index contributed by atoms with van der Waals surface area (Å²) in [6.07, 6.45) is 7.28. The van der Waals surface area contributed by atoms with Crippen molar-refractivity contribution < 1.29 is 4.74 Å². The van der Waals surface area contributed by atoms with Crippen LogP contribution in [0.1, 0.15) is 45.4 Å². The summed E-state index contributed by atoms with van der Waals surface area (Å²) in [5, 5.41) is 0. The predicted octanol–water partition coefficient (Wildman–Crippen LogP) is 3.60. The monoisotopic (exact) mass is 192 g/mol. The van der Waals surface area contributed by atoms with E-state index in [1.165, 1.54) is 32.1 Å². The molecule has 0 amide bonds. The van der Waals surface area contributed by atoms with E-state index in [-0.39, 0.29) is 0 Å². The number of hydrogen-bond acceptors (Lipinski definition) is 1. The molecule has 0 fully saturated rings. The summed E-state index contributed by atoms with van der Waals surface area (Å²) in [6.45, 7) is 4.07. The Hall–Kier alpha value is 0.250. The van der Waals surface area contributed by atoms with E-state index in [0.717, 1.165) is 25.5 Å². The van der Waals surface area contributed by atoms with Crippen LogP contribution in [0.4, 0.5) is 0 Å². The van der Waals surface area contributed by atoms with Crippen molar-refractivity contribution in [3.05, 3.63) is 0 Å². The van der Waals surface area contributed by atoms with Crippen LogP contribution in [-0.2, 0) is 4.74 Å². The third-order valence-electron chi connectivity index (χ3n) is 1.81. The number of halogens is 1. The molecule has 1 nitrogen and oxygen atoms in total. The molecule has 0 heterocycles. The maximum Gasteiger partial charge on any atom is 0.0466 e. The van der Waals surface area contributed by atoms with Crippen molar-refractivity contribution in [3.63, 3.8) is 0 Å². The van der Waals surface area contributed by atoms with Crippen molar-refractivity contribution in [1.82, 2.24) is 0 Å². The van der Waals surface area contributed by atoms with Gasteiger partial charge in [0, 0.05) is 19.1 Å². The summed E-state index contributed by atoms with van der Waals surface area (Å²) < 4.78 is 5.44. The van der Waals surface area contributed by atoms with Gasteiger partial charge in [-0.3, -0.25) is 0 Å². The molecule has 0 aliphatic carbocycles. The van der Waals surface area contributed by atoms with Gasteiger partial charge in [0.2, 0.25) is 0 Å². The van der Waals surface area contributed by atoms with Gasteiger partial charge in [-0.05, 0) is 25.7 Å². The number of alkyl halides is 1. The molecule has 12 heavy (non-hydrogen) atoms. The van der Waals surface area contributed by atoms with Gasteiger partial charge in [0.15, 0.2) is 0 Å². The number of ether oxygens (including phenoxy) is 1. The SMILES string of the molecule is CCCCCOCCCCCCl. The van der Waals surface area contributed by atoms with Crippen molar-refractivity contribution >= 4 is 11.6 Å². The van der Waals surface area contributed by atoms with E-state index in [0.29, 0.717) is 0 Å². The van der Waals surface area contributed by atoms with Gasteiger partial charge in [-0.2, -0.15) is 0 Å². The first-order chi connectivity index (χ1) is 5.91. The summed E-state index contributed by atoms with van der Waals surface area (Å²) in [6, 6.07) is 0. The normalized spacial score (nSPS) is 10.5. The average molecular weight is 193 g/mol. The third kappa shape index (κ3) is 10.2. The Labute approximate surface area is 81.4 Å². The molecule has 0 spiro atoms. The van der Waals surface area contributed by atoms with E-state index in [4.69, 9.17) is 16.3 Å². The van der Waals surface area contributed by atoms with Crippen LogP contribution in [0.5, 0.6) is 0 Å². The minimum absolute atomic E-state index is 0.788. The van der Waals surface area contributed by atoms with Gasteiger partial charge < -0.3 is 4.74 Å². The van der Waals surface area contributed by atoms with Gasteiger partial charge in [0.25, 0.3) is 0 Å². The van der Waals surface area contributed by atoms with Crippen molar-refractivity contribution in [3.8, 4) is 0 Å². The molecule has 0 aliphatic heterocycles. The highest BCUT2D eigenvalue weighted by molar-refractivity contribution is 6.17. The molecule has 0 rings (SSSR count). The van der Waals surface area contributed by atoms with Crippen LogP contribution in [0, 0.1) is 0 Å². The highest BCUT2D eigenvalue weighted by Crippen LogP contribution is 1.99. The molecule has 0 N–H and O–H groups in total. The molecule has 0 unspecified atom stereocenters. The van der Waals surface area contributed by atoms with Crippen LogP contribution in [-0.4, -0.2) is 19.1 Å².